The Labute approximate surface area is 147 Å². The Balaban J connectivity index is 2.21. The molecule has 0 radical (unpaired) electrons. The van der Waals surface area contributed by atoms with Gasteiger partial charge in [0.25, 0.3) is 5.56 Å². The summed E-state index contributed by atoms with van der Waals surface area (Å²) in [7, 11) is 1.31. The predicted octanol–water partition coefficient (Wildman–Crippen LogP) is 3.90. The minimum atomic E-state index is -0.683. The summed E-state index contributed by atoms with van der Waals surface area (Å²) >= 11 is 7.33. The van der Waals surface area contributed by atoms with E-state index in [0.717, 1.165) is 11.1 Å². The van der Waals surface area contributed by atoms with Gasteiger partial charge in [-0.1, -0.05) is 30.7 Å². The molecule has 2 heterocycles. The number of thiophene rings is 1. The van der Waals surface area contributed by atoms with Gasteiger partial charge in [-0.15, -0.1) is 11.3 Å². The Kier molecular flexibility index (Phi) is 4.69. The maximum Gasteiger partial charge on any atom is 0.329 e. The van der Waals surface area contributed by atoms with Crippen molar-refractivity contribution >= 4 is 39.1 Å². The number of ether oxygens (including phenoxy) is 1. The first-order chi connectivity index (χ1) is 11.6. The summed E-state index contributed by atoms with van der Waals surface area (Å²) in [6, 6.07) is 6.59. The highest BCUT2D eigenvalue weighted by atomic mass is 35.5. The van der Waals surface area contributed by atoms with Gasteiger partial charge >= 0.3 is 5.97 Å². The summed E-state index contributed by atoms with van der Waals surface area (Å²) in [5.74, 6) is -0.455. The van der Waals surface area contributed by atoms with Gasteiger partial charge in [0.15, 0.2) is 0 Å². The largest absolute Gasteiger partial charge is 0.467 e. The molecule has 2 aromatic heterocycles. The Hall–Kier alpha value is -2.18. The highest BCUT2D eigenvalue weighted by molar-refractivity contribution is 7.17. The van der Waals surface area contributed by atoms with Crippen LogP contribution < -0.4 is 5.56 Å². The molecule has 0 amide bonds. The molecule has 1 aromatic carbocycles. The zero-order valence-corrected chi connectivity index (χ0v) is 14.7. The summed E-state index contributed by atoms with van der Waals surface area (Å²) in [5.41, 5.74) is 1.43. The second-order valence-electron chi connectivity index (χ2n) is 5.24. The lowest BCUT2D eigenvalue weighted by atomic mass is 10.1. The van der Waals surface area contributed by atoms with E-state index in [-0.39, 0.29) is 5.56 Å². The van der Waals surface area contributed by atoms with Gasteiger partial charge in [0.2, 0.25) is 0 Å². The first kappa shape index (κ1) is 16.7. The second kappa shape index (κ2) is 6.75. The number of carbonyl (C=O) groups excluding carboxylic acids is 1. The summed E-state index contributed by atoms with van der Waals surface area (Å²) in [6.45, 7) is 1.83. The number of esters is 1. The Morgan fingerprint density at radius 2 is 2.08 bits per heavy atom. The van der Waals surface area contributed by atoms with Gasteiger partial charge in [-0.3, -0.25) is 9.36 Å². The zero-order chi connectivity index (χ0) is 17.3. The Bertz CT molecular complexity index is 947. The normalized spacial score (nSPS) is 12.3. The third-order valence-electron chi connectivity index (χ3n) is 3.87. The van der Waals surface area contributed by atoms with Gasteiger partial charge in [0.1, 0.15) is 10.9 Å². The van der Waals surface area contributed by atoms with Crippen LogP contribution in [0.25, 0.3) is 21.3 Å². The summed E-state index contributed by atoms with van der Waals surface area (Å²) in [5, 5.41) is 3.03. The van der Waals surface area contributed by atoms with Crippen molar-refractivity contribution in [3.05, 3.63) is 51.3 Å². The molecule has 0 bridgehead atoms. The van der Waals surface area contributed by atoms with E-state index in [4.69, 9.17) is 16.3 Å². The van der Waals surface area contributed by atoms with Crippen LogP contribution in [0.1, 0.15) is 19.4 Å². The standard InChI is InChI=1S/C17H15ClN2O3S/c1-3-13(17(22)23-2)20-9-19-15-14(16(20)21)12(8-24-15)10-4-6-11(18)7-5-10/h4-9,13H,3H2,1-2H3. The van der Waals surface area contributed by atoms with E-state index in [1.165, 1.54) is 29.3 Å². The summed E-state index contributed by atoms with van der Waals surface area (Å²) in [4.78, 5) is 29.9. The third kappa shape index (κ3) is 2.83. The Morgan fingerprint density at radius 1 is 1.38 bits per heavy atom. The van der Waals surface area contributed by atoms with Gasteiger partial charge in [0.05, 0.1) is 18.8 Å². The molecule has 0 aliphatic heterocycles. The van der Waals surface area contributed by atoms with Gasteiger partial charge in [-0.25, -0.2) is 9.78 Å². The van der Waals surface area contributed by atoms with Crippen molar-refractivity contribution < 1.29 is 9.53 Å². The number of hydrogen-bond donors (Lipinski definition) is 0. The van der Waals surface area contributed by atoms with Crippen molar-refractivity contribution in [2.45, 2.75) is 19.4 Å². The lowest BCUT2D eigenvalue weighted by Gasteiger charge is -2.15. The molecule has 0 saturated heterocycles. The number of nitrogens with zero attached hydrogens (tertiary/aromatic N) is 2. The molecule has 5 nitrogen and oxygen atoms in total. The minimum absolute atomic E-state index is 0.247. The van der Waals surface area contributed by atoms with Crippen molar-refractivity contribution in [1.29, 1.82) is 0 Å². The molecule has 1 unspecified atom stereocenters. The fraction of sp³-hybridized carbons (Fsp3) is 0.235. The van der Waals surface area contributed by atoms with E-state index in [1.807, 2.05) is 24.4 Å². The SMILES string of the molecule is CCC(C(=O)OC)n1cnc2scc(-c3ccc(Cl)cc3)c2c1=O. The average molecular weight is 363 g/mol. The van der Waals surface area contributed by atoms with Gasteiger partial charge in [-0.05, 0) is 24.1 Å². The van der Waals surface area contributed by atoms with Gasteiger partial charge in [-0.2, -0.15) is 0 Å². The van der Waals surface area contributed by atoms with Crippen LogP contribution in [0.5, 0.6) is 0 Å². The van der Waals surface area contributed by atoms with E-state index in [1.54, 1.807) is 12.1 Å². The van der Waals surface area contributed by atoms with E-state index >= 15 is 0 Å². The van der Waals surface area contributed by atoms with Crippen molar-refractivity contribution in [1.82, 2.24) is 9.55 Å². The van der Waals surface area contributed by atoms with Crippen molar-refractivity contribution in [3.63, 3.8) is 0 Å². The summed E-state index contributed by atoms with van der Waals surface area (Å²) in [6.07, 6.45) is 1.86. The number of fused-ring (bicyclic) bond motifs is 1. The number of benzene rings is 1. The number of methoxy groups -OCH3 is 1. The summed E-state index contributed by atoms with van der Waals surface area (Å²) < 4.78 is 6.14. The quantitative estimate of drug-likeness (QED) is 0.660. The van der Waals surface area contributed by atoms with Crippen LogP contribution in [-0.4, -0.2) is 22.6 Å². The highest BCUT2D eigenvalue weighted by Crippen LogP contribution is 2.31. The maximum absolute atomic E-state index is 13.0. The molecule has 0 spiro atoms. The van der Waals surface area contributed by atoms with E-state index in [9.17, 15) is 9.59 Å². The third-order valence-corrected chi connectivity index (χ3v) is 5.01. The number of halogens is 1. The number of hydrogen-bond acceptors (Lipinski definition) is 5. The smallest absolute Gasteiger partial charge is 0.329 e. The van der Waals surface area contributed by atoms with Crippen molar-refractivity contribution in [2.75, 3.05) is 7.11 Å². The van der Waals surface area contributed by atoms with Crippen molar-refractivity contribution in [3.8, 4) is 11.1 Å². The van der Waals surface area contributed by atoms with Crippen LogP contribution in [0.2, 0.25) is 5.02 Å². The lowest BCUT2D eigenvalue weighted by molar-refractivity contribution is -0.144. The van der Waals surface area contributed by atoms with E-state index in [2.05, 4.69) is 4.98 Å². The van der Waals surface area contributed by atoms with Crippen molar-refractivity contribution in [2.24, 2.45) is 0 Å². The van der Waals surface area contributed by atoms with Crippen LogP contribution in [-0.2, 0) is 9.53 Å². The first-order valence-corrected chi connectivity index (χ1v) is 8.64. The van der Waals surface area contributed by atoms with Crippen LogP contribution >= 0.6 is 22.9 Å². The zero-order valence-electron chi connectivity index (χ0n) is 13.2. The van der Waals surface area contributed by atoms with Crippen LogP contribution in [0.3, 0.4) is 0 Å². The van der Waals surface area contributed by atoms with E-state index in [0.29, 0.717) is 21.7 Å². The van der Waals surface area contributed by atoms with Crippen LogP contribution in [0, 0.1) is 0 Å². The minimum Gasteiger partial charge on any atom is -0.467 e. The molecule has 0 aliphatic carbocycles. The molecule has 124 valence electrons. The molecular formula is C17H15ClN2O3S. The maximum atomic E-state index is 13.0. The first-order valence-electron chi connectivity index (χ1n) is 7.39. The van der Waals surface area contributed by atoms with E-state index < -0.39 is 12.0 Å². The molecular weight excluding hydrogens is 348 g/mol. The number of aromatic nitrogens is 2. The molecule has 1 atom stereocenters. The van der Waals surface area contributed by atoms with Crippen LogP contribution in [0.4, 0.5) is 0 Å². The fourth-order valence-electron chi connectivity index (χ4n) is 2.62. The monoisotopic (exact) mass is 362 g/mol. The molecule has 24 heavy (non-hydrogen) atoms. The molecule has 0 N–H and O–H groups in total. The van der Waals surface area contributed by atoms with Gasteiger partial charge < -0.3 is 4.74 Å². The molecule has 0 fully saturated rings. The second-order valence-corrected chi connectivity index (χ2v) is 6.54. The fourth-order valence-corrected chi connectivity index (χ4v) is 3.65. The number of rotatable bonds is 4. The van der Waals surface area contributed by atoms with Gasteiger partial charge in [0, 0.05) is 16.0 Å². The molecule has 0 saturated carbocycles. The predicted molar refractivity (Wildman–Crippen MR) is 95.7 cm³/mol. The molecule has 3 aromatic rings. The van der Waals surface area contributed by atoms with Crippen LogP contribution in [0.15, 0.2) is 40.8 Å². The topological polar surface area (TPSA) is 61.2 Å². The lowest BCUT2D eigenvalue weighted by Crippen LogP contribution is -2.30. The number of carbonyl (C=O) groups is 1. The molecule has 7 heteroatoms. The molecule has 3 rings (SSSR count). The average Bonchev–Trinajstić information content (AvgIpc) is 3.02. The highest BCUT2D eigenvalue weighted by Gasteiger charge is 2.23. The molecule has 0 aliphatic rings. The Morgan fingerprint density at radius 3 is 2.71 bits per heavy atom.